The van der Waals surface area contributed by atoms with E-state index in [1.165, 1.54) is 24.0 Å². The lowest BCUT2D eigenvalue weighted by Crippen LogP contribution is -2.49. The number of phenolic OH excluding ortho intramolecular Hbond substituents is 2. The molecular formula is C36H58AlCl3N2O2. The second-order valence-electron chi connectivity index (χ2n) is 16.6. The van der Waals surface area contributed by atoms with Crippen molar-refractivity contribution in [2.45, 2.75) is 156 Å². The Kier molecular flexibility index (Phi) is 13.9. The Morgan fingerprint density at radius 2 is 0.886 bits per heavy atom. The van der Waals surface area contributed by atoms with E-state index in [1.54, 1.807) is 0 Å². The van der Waals surface area contributed by atoms with Gasteiger partial charge >= 0.3 is 11.4 Å². The molecule has 2 aromatic carbocycles. The average Bonchev–Trinajstić information content (AvgIpc) is 2.84. The normalized spacial score (nSPS) is 18.1. The molecule has 1 fully saturated rings. The summed E-state index contributed by atoms with van der Waals surface area (Å²) in [6.45, 7) is 27.7. The summed E-state index contributed by atoms with van der Waals surface area (Å²) in [6, 6.07) is 9.36. The van der Waals surface area contributed by atoms with Crippen molar-refractivity contribution in [1.82, 2.24) is 10.6 Å². The van der Waals surface area contributed by atoms with E-state index in [-0.39, 0.29) is 21.7 Å². The summed E-state index contributed by atoms with van der Waals surface area (Å²) in [5, 5.41) is 30.2. The lowest BCUT2D eigenvalue weighted by Gasteiger charge is -2.34. The Bertz CT molecular complexity index is 1140. The summed E-state index contributed by atoms with van der Waals surface area (Å²) in [7, 11) is 14.8. The second-order valence-corrected chi connectivity index (χ2v) is 23.0. The molecule has 1 saturated carbocycles. The number of hydrogen-bond acceptors (Lipinski definition) is 4. The van der Waals surface area contributed by atoms with Gasteiger partial charge in [0.05, 0.1) is 0 Å². The quantitative estimate of drug-likeness (QED) is 0.229. The number of benzene rings is 2. The van der Waals surface area contributed by atoms with Crippen molar-refractivity contribution in [2.75, 3.05) is 0 Å². The van der Waals surface area contributed by atoms with Gasteiger partial charge in [-0.05, 0) is 56.8 Å². The Labute approximate surface area is 285 Å². The second kappa shape index (κ2) is 15.5. The van der Waals surface area contributed by atoms with Crippen molar-refractivity contribution < 1.29 is 10.2 Å². The van der Waals surface area contributed by atoms with Gasteiger partial charge in [-0.2, -0.15) is 0 Å². The van der Waals surface area contributed by atoms with E-state index >= 15 is 0 Å². The maximum absolute atomic E-state index is 11.3. The molecule has 0 saturated heterocycles. The highest BCUT2D eigenvalue weighted by Crippen LogP contribution is 2.39. The molecule has 0 aromatic heterocycles. The maximum atomic E-state index is 11.3. The highest BCUT2D eigenvalue weighted by Gasteiger charge is 2.29. The Morgan fingerprint density at radius 1 is 0.591 bits per heavy atom. The van der Waals surface area contributed by atoms with Crippen LogP contribution in [-0.2, 0) is 34.7 Å². The summed E-state index contributed by atoms with van der Waals surface area (Å²) >= 11 is -1.72. The van der Waals surface area contributed by atoms with Crippen LogP contribution in [0.4, 0.5) is 0 Å². The van der Waals surface area contributed by atoms with E-state index in [2.05, 4.69) is 118 Å². The molecular weight excluding hydrogens is 626 g/mol. The molecule has 8 heteroatoms. The van der Waals surface area contributed by atoms with Crippen LogP contribution in [0.2, 0.25) is 0 Å². The number of phenols is 2. The monoisotopic (exact) mass is 682 g/mol. The van der Waals surface area contributed by atoms with Crippen LogP contribution >= 0.6 is 30.1 Å². The van der Waals surface area contributed by atoms with Crippen molar-refractivity contribution in [3.63, 3.8) is 0 Å². The highest BCUT2D eigenvalue weighted by atomic mass is 35.8. The third-order valence-electron chi connectivity index (χ3n) is 8.60. The molecule has 44 heavy (non-hydrogen) atoms. The van der Waals surface area contributed by atoms with Gasteiger partial charge in [-0.25, -0.2) is 30.1 Å². The topological polar surface area (TPSA) is 64.5 Å². The van der Waals surface area contributed by atoms with Gasteiger partial charge in [-0.3, -0.25) is 0 Å². The minimum Gasteiger partial charge on any atom is -0.507 e. The molecule has 0 aliphatic heterocycles. The molecule has 0 heterocycles. The molecule has 0 bridgehead atoms. The summed E-state index contributed by atoms with van der Waals surface area (Å²) in [4.78, 5) is 0. The van der Waals surface area contributed by atoms with E-state index in [0.29, 0.717) is 36.7 Å². The molecule has 1 aliphatic rings. The molecule has 1 aliphatic carbocycles. The average molecular weight is 684 g/mol. The van der Waals surface area contributed by atoms with E-state index in [0.717, 1.165) is 35.1 Å². The maximum Gasteiger partial charge on any atom is 0.643 e. The largest absolute Gasteiger partial charge is 0.643 e. The zero-order valence-electron chi connectivity index (χ0n) is 29.3. The van der Waals surface area contributed by atoms with Crippen LogP contribution < -0.4 is 10.6 Å². The van der Waals surface area contributed by atoms with Gasteiger partial charge < -0.3 is 20.8 Å². The molecule has 4 nitrogen and oxygen atoms in total. The SMILES string of the molecule is CC(C)(C)c1cc(CN[C@@H]2CCCC[C@H]2NCc2cc(C(C)(C)C)cc(C(C)(C)C)c2O)c(O)c(C(C)(C)C)c1.[Cl][Al]([Cl])[Cl]. The Hall–Kier alpha value is -0.638. The smallest absolute Gasteiger partial charge is 0.507 e. The first-order valence-electron chi connectivity index (χ1n) is 16.1. The van der Waals surface area contributed by atoms with Crippen LogP contribution in [0.25, 0.3) is 0 Å². The van der Waals surface area contributed by atoms with E-state index in [1.807, 2.05) is 0 Å². The van der Waals surface area contributed by atoms with Gasteiger partial charge in [-0.1, -0.05) is 120 Å². The van der Waals surface area contributed by atoms with Crippen LogP contribution in [0.3, 0.4) is 0 Å². The molecule has 3 rings (SSSR count). The number of nitrogens with one attached hydrogen (secondary N) is 2. The van der Waals surface area contributed by atoms with Crippen molar-refractivity contribution in [3.05, 3.63) is 57.6 Å². The van der Waals surface area contributed by atoms with Crippen molar-refractivity contribution in [1.29, 1.82) is 0 Å². The molecule has 0 radical (unpaired) electrons. The fraction of sp³-hybridized carbons (Fsp3) is 0.667. The van der Waals surface area contributed by atoms with Crippen LogP contribution in [0.15, 0.2) is 24.3 Å². The minimum absolute atomic E-state index is 0.00683. The van der Waals surface area contributed by atoms with Gasteiger partial charge in [0.15, 0.2) is 0 Å². The predicted molar refractivity (Wildman–Crippen MR) is 194 cm³/mol. The molecule has 2 atom stereocenters. The Balaban J connectivity index is 0.00000159. The summed E-state index contributed by atoms with van der Waals surface area (Å²) in [5.74, 6) is 0.846. The summed E-state index contributed by atoms with van der Waals surface area (Å²) in [6.07, 6.45) is 4.61. The van der Waals surface area contributed by atoms with Gasteiger partial charge in [0.1, 0.15) is 11.5 Å². The third kappa shape index (κ3) is 11.6. The first-order chi connectivity index (χ1) is 19.9. The van der Waals surface area contributed by atoms with E-state index in [4.69, 9.17) is 30.1 Å². The number of halogens is 3. The van der Waals surface area contributed by atoms with Crippen LogP contribution in [-0.4, -0.2) is 33.7 Å². The predicted octanol–water partition coefficient (Wildman–Crippen LogP) is 10.2. The zero-order valence-corrected chi connectivity index (χ0v) is 32.7. The van der Waals surface area contributed by atoms with Gasteiger partial charge in [-0.15, -0.1) is 0 Å². The van der Waals surface area contributed by atoms with Crippen molar-refractivity contribution in [2.24, 2.45) is 0 Å². The van der Waals surface area contributed by atoms with Crippen molar-refractivity contribution in [3.8, 4) is 11.5 Å². The lowest BCUT2D eigenvalue weighted by atomic mass is 9.78. The minimum atomic E-state index is -1.72. The summed E-state index contributed by atoms with van der Waals surface area (Å²) in [5.41, 5.74) is 6.25. The molecule has 0 amide bonds. The third-order valence-corrected chi connectivity index (χ3v) is 8.60. The number of hydrogen-bond donors (Lipinski definition) is 4. The highest BCUT2D eigenvalue weighted by molar-refractivity contribution is 7.54. The van der Waals surface area contributed by atoms with E-state index in [9.17, 15) is 10.2 Å². The van der Waals surface area contributed by atoms with Crippen LogP contribution in [0, 0.1) is 0 Å². The Morgan fingerprint density at radius 3 is 1.14 bits per heavy atom. The molecule has 0 unspecified atom stereocenters. The van der Waals surface area contributed by atoms with Gasteiger partial charge in [0, 0.05) is 36.3 Å². The first-order valence-corrected chi connectivity index (χ1v) is 21.3. The fourth-order valence-electron chi connectivity index (χ4n) is 5.77. The van der Waals surface area contributed by atoms with Gasteiger partial charge in [0.2, 0.25) is 0 Å². The van der Waals surface area contributed by atoms with Crippen LogP contribution in [0.5, 0.6) is 11.5 Å². The number of aromatic hydroxyl groups is 2. The van der Waals surface area contributed by atoms with Crippen molar-refractivity contribution >= 4 is 41.5 Å². The van der Waals surface area contributed by atoms with Gasteiger partial charge in [0.25, 0.3) is 0 Å². The lowest BCUT2D eigenvalue weighted by molar-refractivity contribution is 0.279. The molecule has 4 N–H and O–H groups in total. The molecule has 0 spiro atoms. The standard InChI is InChI=1S/C36H58N2O2.Al.3ClH/c1-33(2,3)25-17-23(31(39)27(19-25)35(7,8)9)21-37-29-15-13-14-16-30(29)38-22-24-18-26(34(4,5)6)20-28(32(24)40)36(10,11)12;;;;/h17-20,29-30,37-40H,13-16,21-22H2,1-12H3;;3*1H/q;+3;;;/p-3/t29-,30-;;;;/m1..../s1. The fourth-order valence-corrected chi connectivity index (χ4v) is 5.77. The number of rotatable bonds is 6. The molecule has 248 valence electrons. The first kappa shape index (κ1) is 39.5. The molecule has 2 aromatic rings. The van der Waals surface area contributed by atoms with E-state index < -0.39 is 11.4 Å². The summed E-state index contributed by atoms with van der Waals surface area (Å²) < 4.78 is 0. The van der Waals surface area contributed by atoms with Crippen LogP contribution in [0.1, 0.15) is 142 Å². The zero-order chi connectivity index (χ0) is 33.8.